The molecule has 0 aliphatic rings. The Morgan fingerprint density at radius 3 is 2.57 bits per heavy atom. The molecule has 30 heavy (non-hydrogen) atoms. The summed E-state index contributed by atoms with van der Waals surface area (Å²) in [6, 6.07) is 11.6. The molecule has 9 heteroatoms. The van der Waals surface area contributed by atoms with E-state index in [2.05, 4.69) is 10.5 Å². The number of hydrogen-bond acceptors (Lipinski definition) is 6. The third-order valence-electron chi connectivity index (χ3n) is 4.41. The minimum atomic E-state index is -3.81. The standard InChI is InChI=1S/C21H21ClN2O5S/c1-13-4-6-17(16(22)10-13)23-21(25)8-9-30(26,27)20-12-15(5-7-18(20)28-3)19-11-14(2)24-29-19/h4-7,10-12H,8-9H2,1-3H3,(H,23,25). The maximum absolute atomic E-state index is 12.9. The summed E-state index contributed by atoms with van der Waals surface area (Å²) in [5.41, 5.74) is 2.61. The van der Waals surface area contributed by atoms with Gasteiger partial charge in [0.25, 0.3) is 0 Å². The molecule has 0 atom stereocenters. The maximum Gasteiger partial charge on any atom is 0.225 e. The van der Waals surface area contributed by atoms with Crippen LogP contribution < -0.4 is 10.1 Å². The van der Waals surface area contributed by atoms with Gasteiger partial charge in [0.15, 0.2) is 15.6 Å². The Morgan fingerprint density at radius 1 is 1.17 bits per heavy atom. The first-order valence-electron chi connectivity index (χ1n) is 9.10. The number of anilines is 1. The van der Waals surface area contributed by atoms with E-state index in [1.54, 1.807) is 43.3 Å². The monoisotopic (exact) mass is 448 g/mol. The summed E-state index contributed by atoms with van der Waals surface area (Å²) < 4.78 is 36.3. The van der Waals surface area contributed by atoms with Crippen molar-refractivity contribution in [3.8, 4) is 17.1 Å². The van der Waals surface area contributed by atoms with Gasteiger partial charge in [-0.05, 0) is 49.7 Å². The van der Waals surface area contributed by atoms with Crippen molar-refractivity contribution in [2.45, 2.75) is 25.2 Å². The van der Waals surface area contributed by atoms with E-state index in [1.165, 1.54) is 13.2 Å². The average Bonchev–Trinajstić information content (AvgIpc) is 3.14. The molecule has 0 radical (unpaired) electrons. The summed E-state index contributed by atoms with van der Waals surface area (Å²) in [7, 11) is -2.42. The summed E-state index contributed by atoms with van der Waals surface area (Å²) in [6.45, 7) is 3.65. The van der Waals surface area contributed by atoms with Gasteiger partial charge in [-0.1, -0.05) is 22.8 Å². The summed E-state index contributed by atoms with van der Waals surface area (Å²) in [5.74, 6) is -0.210. The molecule has 0 unspecified atom stereocenters. The second-order valence-corrected chi connectivity index (χ2v) is 9.28. The highest BCUT2D eigenvalue weighted by Crippen LogP contribution is 2.31. The minimum absolute atomic E-state index is 0.0160. The molecule has 0 bridgehead atoms. The van der Waals surface area contributed by atoms with Crippen LogP contribution in [-0.4, -0.2) is 32.3 Å². The zero-order valence-electron chi connectivity index (χ0n) is 16.7. The molecule has 1 amide bonds. The maximum atomic E-state index is 12.9. The van der Waals surface area contributed by atoms with Crippen molar-refractivity contribution in [2.24, 2.45) is 0 Å². The van der Waals surface area contributed by atoms with Crippen molar-refractivity contribution in [1.82, 2.24) is 5.16 Å². The molecule has 0 aliphatic carbocycles. The number of hydrogen-bond donors (Lipinski definition) is 1. The number of halogens is 1. The number of methoxy groups -OCH3 is 1. The second kappa shape index (κ2) is 8.89. The van der Waals surface area contributed by atoms with E-state index >= 15 is 0 Å². The van der Waals surface area contributed by atoms with Gasteiger partial charge in [0.1, 0.15) is 10.6 Å². The third-order valence-corrected chi connectivity index (χ3v) is 6.45. The normalized spacial score (nSPS) is 11.3. The van der Waals surface area contributed by atoms with E-state index in [1.807, 2.05) is 6.92 Å². The summed E-state index contributed by atoms with van der Waals surface area (Å²) >= 11 is 6.11. The van der Waals surface area contributed by atoms with Crippen molar-refractivity contribution in [3.63, 3.8) is 0 Å². The van der Waals surface area contributed by atoms with Crippen LogP contribution in [0.5, 0.6) is 5.75 Å². The lowest BCUT2D eigenvalue weighted by Crippen LogP contribution is -2.18. The summed E-state index contributed by atoms with van der Waals surface area (Å²) in [5, 5.41) is 6.85. The SMILES string of the molecule is COc1ccc(-c2cc(C)no2)cc1S(=O)(=O)CCC(=O)Nc1ccc(C)cc1Cl. The summed E-state index contributed by atoms with van der Waals surface area (Å²) in [6.07, 6.45) is -0.235. The molecule has 0 saturated carbocycles. The van der Waals surface area contributed by atoms with Crippen LogP contribution in [0.4, 0.5) is 5.69 Å². The molecule has 1 heterocycles. The first-order chi connectivity index (χ1) is 14.2. The van der Waals surface area contributed by atoms with E-state index in [4.69, 9.17) is 20.9 Å². The number of amides is 1. The van der Waals surface area contributed by atoms with E-state index in [-0.39, 0.29) is 17.1 Å². The predicted octanol–water partition coefficient (Wildman–Crippen LogP) is 4.42. The molecule has 1 aromatic heterocycles. The van der Waals surface area contributed by atoms with Crippen LogP contribution in [0.3, 0.4) is 0 Å². The Balaban J connectivity index is 1.78. The van der Waals surface area contributed by atoms with Crippen LogP contribution in [0.2, 0.25) is 5.02 Å². The van der Waals surface area contributed by atoms with Gasteiger partial charge in [-0.2, -0.15) is 0 Å². The quantitative estimate of drug-likeness (QED) is 0.574. The molecule has 0 spiro atoms. The Labute approximate surface area is 179 Å². The van der Waals surface area contributed by atoms with Gasteiger partial charge in [-0.15, -0.1) is 0 Å². The molecule has 0 saturated heterocycles. The van der Waals surface area contributed by atoms with Crippen molar-refractivity contribution >= 4 is 33.0 Å². The lowest BCUT2D eigenvalue weighted by molar-refractivity contribution is -0.115. The number of nitrogens with one attached hydrogen (secondary N) is 1. The Kier molecular flexibility index (Phi) is 6.48. The first kappa shape index (κ1) is 21.9. The fourth-order valence-electron chi connectivity index (χ4n) is 2.84. The Morgan fingerprint density at radius 2 is 1.93 bits per heavy atom. The number of ether oxygens (including phenoxy) is 1. The lowest BCUT2D eigenvalue weighted by Gasteiger charge is -2.11. The molecule has 0 aliphatic heterocycles. The van der Waals surface area contributed by atoms with Gasteiger partial charge in [-0.25, -0.2) is 8.42 Å². The van der Waals surface area contributed by atoms with Gasteiger partial charge >= 0.3 is 0 Å². The Hall–Kier alpha value is -2.84. The number of nitrogens with zero attached hydrogens (tertiary/aromatic N) is 1. The zero-order valence-corrected chi connectivity index (χ0v) is 18.3. The van der Waals surface area contributed by atoms with E-state index in [0.717, 1.165) is 5.56 Å². The van der Waals surface area contributed by atoms with Gasteiger partial charge in [-0.3, -0.25) is 4.79 Å². The number of carbonyl (C=O) groups excluding carboxylic acids is 1. The number of aromatic nitrogens is 1. The van der Waals surface area contributed by atoms with E-state index in [0.29, 0.717) is 27.7 Å². The summed E-state index contributed by atoms with van der Waals surface area (Å²) in [4.78, 5) is 12.3. The molecule has 0 fully saturated rings. The van der Waals surface area contributed by atoms with Crippen molar-refractivity contribution in [1.29, 1.82) is 0 Å². The molecule has 2 aromatic carbocycles. The molecular formula is C21H21ClN2O5S. The van der Waals surface area contributed by atoms with Crippen LogP contribution in [0.25, 0.3) is 11.3 Å². The number of rotatable bonds is 7. The van der Waals surface area contributed by atoms with Crippen LogP contribution in [-0.2, 0) is 14.6 Å². The molecular weight excluding hydrogens is 428 g/mol. The third kappa shape index (κ3) is 5.01. The smallest absolute Gasteiger partial charge is 0.225 e. The van der Waals surface area contributed by atoms with Gasteiger partial charge in [0.05, 0.1) is 29.3 Å². The predicted molar refractivity (Wildman–Crippen MR) is 115 cm³/mol. The highest BCUT2D eigenvalue weighted by atomic mass is 35.5. The highest BCUT2D eigenvalue weighted by Gasteiger charge is 2.23. The van der Waals surface area contributed by atoms with Gasteiger partial charge in [0.2, 0.25) is 5.91 Å². The number of carbonyl (C=O) groups is 1. The number of aryl methyl sites for hydroxylation is 2. The Bertz CT molecular complexity index is 1190. The largest absolute Gasteiger partial charge is 0.495 e. The zero-order chi connectivity index (χ0) is 21.9. The molecule has 7 nitrogen and oxygen atoms in total. The van der Waals surface area contributed by atoms with Gasteiger partial charge < -0.3 is 14.6 Å². The first-order valence-corrected chi connectivity index (χ1v) is 11.1. The van der Waals surface area contributed by atoms with Crippen LogP contribution in [0, 0.1) is 13.8 Å². The van der Waals surface area contributed by atoms with E-state index < -0.39 is 21.5 Å². The second-order valence-electron chi connectivity index (χ2n) is 6.80. The molecule has 3 aromatic rings. The van der Waals surface area contributed by atoms with Crippen molar-refractivity contribution < 1.29 is 22.5 Å². The molecule has 1 N–H and O–H groups in total. The van der Waals surface area contributed by atoms with Crippen molar-refractivity contribution in [2.75, 3.05) is 18.2 Å². The van der Waals surface area contributed by atoms with Crippen LogP contribution in [0.1, 0.15) is 17.7 Å². The highest BCUT2D eigenvalue weighted by molar-refractivity contribution is 7.91. The van der Waals surface area contributed by atoms with Crippen molar-refractivity contribution in [3.05, 3.63) is 58.7 Å². The topological polar surface area (TPSA) is 98.5 Å². The van der Waals surface area contributed by atoms with E-state index in [9.17, 15) is 13.2 Å². The molecule has 3 rings (SSSR count). The number of sulfone groups is 1. The molecule has 158 valence electrons. The lowest BCUT2D eigenvalue weighted by atomic mass is 10.1. The fourth-order valence-corrected chi connectivity index (χ4v) is 4.56. The fraction of sp³-hybridized carbons (Fsp3) is 0.238. The van der Waals surface area contributed by atoms with Crippen LogP contribution >= 0.6 is 11.6 Å². The average molecular weight is 449 g/mol. The minimum Gasteiger partial charge on any atom is -0.495 e. The van der Waals surface area contributed by atoms with Crippen LogP contribution in [0.15, 0.2) is 51.9 Å². The number of benzene rings is 2. The van der Waals surface area contributed by atoms with Gasteiger partial charge in [0, 0.05) is 18.1 Å².